The molecule has 1 heteroatoms. The van der Waals surface area contributed by atoms with Crippen molar-refractivity contribution in [1.82, 2.24) is 4.57 Å². The second-order valence-corrected chi connectivity index (χ2v) is 6.06. The molecule has 1 saturated carbocycles. The number of nitrogens with zero attached hydrogens (tertiary/aromatic N) is 1. The molecule has 1 fully saturated rings. The normalized spacial score (nSPS) is 15.5. The highest BCUT2D eigenvalue weighted by atomic mass is 15.0. The fourth-order valence-electron chi connectivity index (χ4n) is 3.12. The molecule has 1 heterocycles. The Bertz CT molecular complexity index is 630. The zero-order valence-electron chi connectivity index (χ0n) is 12.8. The van der Waals surface area contributed by atoms with Crippen molar-refractivity contribution in [3.63, 3.8) is 0 Å². The summed E-state index contributed by atoms with van der Waals surface area (Å²) in [6.45, 7) is 2.12. The summed E-state index contributed by atoms with van der Waals surface area (Å²) in [7, 11) is 0. The minimum Gasteiger partial charge on any atom is -0.338 e. The van der Waals surface area contributed by atoms with Gasteiger partial charge in [0.15, 0.2) is 0 Å². The standard InChI is InChI=1S/C20H23N/c1-17-12-14-18(15-13-17)7-5-10-20-11-6-16-21(20)19-8-3-2-4-9-19/h6,11-16,19H,2-4,7-9H2,1H3. The van der Waals surface area contributed by atoms with Gasteiger partial charge in [-0.25, -0.2) is 0 Å². The molecule has 21 heavy (non-hydrogen) atoms. The van der Waals surface area contributed by atoms with Gasteiger partial charge in [-0.2, -0.15) is 0 Å². The molecule has 2 aromatic rings. The average Bonchev–Trinajstić information content (AvgIpc) is 2.99. The largest absolute Gasteiger partial charge is 0.338 e. The lowest BCUT2D eigenvalue weighted by Gasteiger charge is -2.24. The van der Waals surface area contributed by atoms with Crippen LogP contribution in [0.1, 0.15) is 55.0 Å². The molecule has 0 radical (unpaired) electrons. The molecular weight excluding hydrogens is 254 g/mol. The van der Waals surface area contributed by atoms with Crippen LogP contribution < -0.4 is 0 Å². The molecule has 1 nitrogen and oxygen atoms in total. The van der Waals surface area contributed by atoms with Gasteiger partial charge >= 0.3 is 0 Å². The molecule has 0 amide bonds. The summed E-state index contributed by atoms with van der Waals surface area (Å²) in [5.74, 6) is 6.70. The van der Waals surface area contributed by atoms with E-state index >= 15 is 0 Å². The Kier molecular flexibility index (Phi) is 4.46. The summed E-state index contributed by atoms with van der Waals surface area (Å²) in [5.41, 5.74) is 3.77. The molecule has 0 N–H and O–H groups in total. The van der Waals surface area contributed by atoms with Crippen molar-refractivity contribution >= 4 is 0 Å². The number of aryl methyl sites for hydroxylation is 1. The summed E-state index contributed by atoms with van der Waals surface area (Å²) in [6, 6.07) is 13.6. The van der Waals surface area contributed by atoms with Crippen molar-refractivity contribution < 1.29 is 0 Å². The molecule has 0 aliphatic heterocycles. The van der Waals surface area contributed by atoms with Gasteiger partial charge in [0.1, 0.15) is 0 Å². The highest BCUT2D eigenvalue weighted by molar-refractivity contribution is 5.32. The zero-order chi connectivity index (χ0) is 14.5. The van der Waals surface area contributed by atoms with Crippen LogP contribution in [0.3, 0.4) is 0 Å². The third kappa shape index (κ3) is 3.58. The van der Waals surface area contributed by atoms with E-state index in [4.69, 9.17) is 0 Å². The average molecular weight is 277 g/mol. The van der Waals surface area contributed by atoms with E-state index in [0.29, 0.717) is 6.04 Å². The summed E-state index contributed by atoms with van der Waals surface area (Å²) in [5, 5.41) is 0. The maximum atomic E-state index is 3.37. The second-order valence-electron chi connectivity index (χ2n) is 6.06. The molecule has 0 atom stereocenters. The Morgan fingerprint density at radius 2 is 1.81 bits per heavy atom. The zero-order valence-corrected chi connectivity index (χ0v) is 12.8. The topological polar surface area (TPSA) is 4.93 Å². The molecule has 3 rings (SSSR count). The van der Waals surface area contributed by atoms with E-state index in [1.54, 1.807) is 0 Å². The Morgan fingerprint density at radius 1 is 1.05 bits per heavy atom. The predicted octanol–water partition coefficient (Wildman–Crippen LogP) is 4.90. The molecular formula is C20H23N. The maximum Gasteiger partial charge on any atom is 0.0922 e. The first-order valence-electron chi connectivity index (χ1n) is 8.04. The Hall–Kier alpha value is -1.94. The van der Waals surface area contributed by atoms with Gasteiger partial charge in [0.05, 0.1) is 5.69 Å². The van der Waals surface area contributed by atoms with E-state index in [0.717, 1.165) is 6.42 Å². The first kappa shape index (κ1) is 14.0. The van der Waals surface area contributed by atoms with Crippen LogP contribution in [0.5, 0.6) is 0 Å². The minimum atomic E-state index is 0.664. The fourth-order valence-corrected chi connectivity index (χ4v) is 3.12. The van der Waals surface area contributed by atoms with Gasteiger partial charge < -0.3 is 4.57 Å². The van der Waals surface area contributed by atoms with Gasteiger partial charge in [0.2, 0.25) is 0 Å². The second kappa shape index (κ2) is 6.68. The van der Waals surface area contributed by atoms with E-state index in [2.05, 4.69) is 65.9 Å². The lowest BCUT2D eigenvalue weighted by atomic mass is 9.95. The van der Waals surface area contributed by atoms with Crippen molar-refractivity contribution in [2.75, 3.05) is 0 Å². The van der Waals surface area contributed by atoms with Crippen molar-refractivity contribution in [1.29, 1.82) is 0 Å². The lowest BCUT2D eigenvalue weighted by Crippen LogP contribution is -2.13. The third-order valence-electron chi connectivity index (χ3n) is 4.38. The SMILES string of the molecule is Cc1ccc(CC#Cc2cccn2C2CCCCC2)cc1. The summed E-state index contributed by atoms with van der Waals surface area (Å²) < 4.78 is 2.39. The molecule has 1 aliphatic carbocycles. The van der Waals surface area contributed by atoms with Gasteiger partial charge in [-0.15, -0.1) is 0 Å². The molecule has 1 aliphatic rings. The lowest BCUT2D eigenvalue weighted by molar-refractivity contribution is 0.352. The monoisotopic (exact) mass is 277 g/mol. The summed E-state index contributed by atoms with van der Waals surface area (Å²) in [4.78, 5) is 0. The number of aromatic nitrogens is 1. The van der Waals surface area contributed by atoms with Crippen LogP contribution in [0.25, 0.3) is 0 Å². The van der Waals surface area contributed by atoms with Crippen LogP contribution in [0.2, 0.25) is 0 Å². The van der Waals surface area contributed by atoms with Gasteiger partial charge in [0.25, 0.3) is 0 Å². The van der Waals surface area contributed by atoms with Crippen molar-refractivity contribution in [2.45, 2.75) is 51.5 Å². The molecule has 0 spiro atoms. The van der Waals surface area contributed by atoms with Gasteiger partial charge in [-0.1, -0.05) is 55.0 Å². The molecule has 0 unspecified atom stereocenters. The number of hydrogen-bond acceptors (Lipinski definition) is 0. The van der Waals surface area contributed by atoms with Crippen LogP contribution in [-0.2, 0) is 6.42 Å². The van der Waals surface area contributed by atoms with E-state index in [1.807, 2.05) is 0 Å². The first-order valence-corrected chi connectivity index (χ1v) is 8.04. The molecule has 108 valence electrons. The summed E-state index contributed by atoms with van der Waals surface area (Å²) >= 11 is 0. The van der Waals surface area contributed by atoms with Crippen LogP contribution in [0.15, 0.2) is 42.6 Å². The van der Waals surface area contributed by atoms with E-state index in [9.17, 15) is 0 Å². The van der Waals surface area contributed by atoms with Crippen LogP contribution in [-0.4, -0.2) is 4.57 Å². The molecule has 0 saturated heterocycles. The quantitative estimate of drug-likeness (QED) is 0.688. The van der Waals surface area contributed by atoms with Crippen LogP contribution in [0, 0.1) is 18.8 Å². The van der Waals surface area contributed by atoms with Crippen molar-refractivity contribution in [3.8, 4) is 11.8 Å². The highest BCUT2D eigenvalue weighted by Gasteiger charge is 2.15. The third-order valence-corrected chi connectivity index (χ3v) is 4.38. The van der Waals surface area contributed by atoms with Gasteiger partial charge in [-0.3, -0.25) is 0 Å². The number of benzene rings is 1. The Morgan fingerprint density at radius 3 is 2.57 bits per heavy atom. The molecule has 0 bridgehead atoms. The van der Waals surface area contributed by atoms with Crippen molar-refractivity contribution in [3.05, 3.63) is 59.4 Å². The Labute approximate surface area is 128 Å². The predicted molar refractivity (Wildman–Crippen MR) is 88.3 cm³/mol. The minimum absolute atomic E-state index is 0.664. The van der Waals surface area contributed by atoms with E-state index in [1.165, 1.54) is 48.9 Å². The van der Waals surface area contributed by atoms with Crippen LogP contribution in [0.4, 0.5) is 0 Å². The molecule has 1 aromatic heterocycles. The maximum absolute atomic E-state index is 3.37. The highest BCUT2D eigenvalue weighted by Crippen LogP contribution is 2.29. The molecule has 1 aromatic carbocycles. The van der Waals surface area contributed by atoms with Gasteiger partial charge in [-0.05, 0) is 43.4 Å². The summed E-state index contributed by atoms with van der Waals surface area (Å²) in [6.07, 6.45) is 9.76. The number of rotatable bonds is 2. The van der Waals surface area contributed by atoms with Crippen LogP contribution >= 0.6 is 0 Å². The van der Waals surface area contributed by atoms with E-state index < -0.39 is 0 Å². The van der Waals surface area contributed by atoms with Crippen molar-refractivity contribution in [2.24, 2.45) is 0 Å². The van der Waals surface area contributed by atoms with E-state index in [-0.39, 0.29) is 0 Å². The smallest absolute Gasteiger partial charge is 0.0922 e. The fraction of sp³-hybridized carbons (Fsp3) is 0.400. The Balaban J connectivity index is 1.69. The first-order chi connectivity index (χ1) is 10.3. The number of hydrogen-bond donors (Lipinski definition) is 0. The van der Waals surface area contributed by atoms with Gasteiger partial charge in [0, 0.05) is 18.7 Å².